The van der Waals surface area contributed by atoms with Crippen LogP contribution in [0.25, 0.3) is 0 Å². The van der Waals surface area contributed by atoms with Crippen LogP contribution in [0.4, 0.5) is 0 Å². The Kier molecular flexibility index (Phi) is 8.07. The van der Waals surface area contributed by atoms with Crippen LogP contribution in [0.15, 0.2) is 29.3 Å². The Labute approximate surface area is 109 Å². The lowest BCUT2D eigenvalue weighted by Gasteiger charge is -2.07. The number of primary amides is 1. The van der Waals surface area contributed by atoms with E-state index in [0.717, 1.165) is 19.4 Å². The van der Waals surface area contributed by atoms with E-state index in [4.69, 9.17) is 5.73 Å². The molecule has 1 heterocycles. The molecule has 2 rings (SSSR count). The number of nitrogens with zero attached hydrogens (tertiary/aromatic N) is 1. The third-order valence-corrected chi connectivity index (χ3v) is 2.29. The third kappa shape index (κ3) is 6.07. The maximum absolute atomic E-state index is 9.82. The molecule has 1 amide bonds. The van der Waals surface area contributed by atoms with Gasteiger partial charge in [0.2, 0.25) is 5.91 Å². The van der Waals surface area contributed by atoms with Gasteiger partial charge in [0.15, 0.2) is 0 Å². The second-order valence-corrected chi connectivity index (χ2v) is 3.70. The number of nitrogens with two attached hydrogens (primary N) is 1. The zero-order valence-corrected chi connectivity index (χ0v) is 10.9. The molecule has 0 unspecified atom stereocenters. The van der Waals surface area contributed by atoms with Crippen molar-refractivity contribution in [2.24, 2.45) is 10.7 Å². The quantitative estimate of drug-likeness (QED) is 0.866. The smallest absolute Gasteiger partial charge is 0.217 e. The first-order chi connectivity index (χ1) is 7.74. The van der Waals surface area contributed by atoms with Gasteiger partial charge in [-0.3, -0.25) is 9.79 Å². The van der Waals surface area contributed by atoms with Gasteiger partial charge in [-0.1, -0.05) is 31.2 Å². The Morgan fingerprint density at radius 2 is 2.12 bits per heavy atom. The normalized spacial score (nSPS) is 11.6. The van der Waals surface area contributed by atoms with Gasteiger partial charge in [0, 0.05) is 19.2 Å². The zero-order valence-electron chi connectivity index (χ0n) is 10.1. The summed E-state index contributed by atoms with van der Waals surface area (Å²) in [6, 6.07) is 8.41. The largest absolute Gasteiger partial charge is 0.370 e. The fourth-order valence-electron chi connectivity index (χ4n) is 1.48. The molecule has 0 saturated carbocycles. The van der Waals surface area contributed by atoms with Gasteiger partial charge in [0.1, 0.15) is 0 Å². The minimum atomic E-state index is -0.211. The summed E-state index contributed by atoms with van der Waals surface area (Å²) in [4.78, 5) is 14.0. The van der Waals surface area contributed by atoms with Crippen LogP contribution in [-0.4, -0.2) is 18.7 Å². The minimum absolute atomic E-state index is 0. The summed E-state index contributed by atoms with van der Waals surface area (Å²) in [6.45, 7) is 2.88. The first-order valence-corrected chi connectivity index (χ1v) is 5.60. The van der Waals surface area contributed by atoms with Gasteiger partial charge < -0.3 is 5.73 Å². The van der Waals surface area contributed by atoms with Crippen molar-refractivity contribution in [1.82, 2.24) is 0 Å². The van der Waals surface area contributed by atoms with E-state index in [9.17, 15) is 4.79 Å². The second kappa shape index (κ2) is 8.76. The van der Waals surface area contributed by atoms with Crippen LogP contribution in [0.2, 0.25) is 0 Å². The molecule has 94 valence electrons. The topological polar surface area (TPSA) is 55.4 Å². The molecule has 0 fully saturated rings. The molecule has 1 aliphatic rings. The Balaban J connectivity index is 0.000000324. The number of amides is 1. The predicted octanol–water partition coefficient (Wildman–Crippen LogP) is 2.36. The van der Waals surface area contributed by atoms with Crippen LogP contribution < -0.4 is 5.73 Å². The van der Waals surface area contributed by atoms with Crippen LogP contribution in [-0.2, 0) is 11.2 Å². The monoisotopic (exact) mass is 254 g/mol. The molecule has 0 radical (unpaired) electrons. The van der Waals surface area contributed by atoms with Gasteiger partial charge in [0.05, 0.1) is 0 Å². The molecular formula is C13H19ClN2O. The van der Waals surface area contributed by atoms with Crippen LogP contribution in [0, 0.1) is 0 Å². The summed E-state index contributed by atoms with van der Waals surface area (Å²) < 4.78 is 0. The molecule has 1 aliphatic heterocycles. The average molecular weight is 255 g/mol. The number of hydrogen-bond donors (Lipinski definition) is 1. The van der Waals surface area contributed by atoms with E-state index in [2.05, 4.69) is 29.3 Å². The minimum Gasteiger partial charge on any atom is -0.370 e. The molecule has 3 nitrogen and oxygen atoms in total. The summed E-state index contributed by atoms with van der Waals surface area (Å²) in [5.41, 5.74) is 7.48. The molecule has 17 heavy (non-hydrogen) atoms. The molecule has 0 atom stereocenters. The van der Waals surface area contributed by atoms with Gasteiger partial charge in [-0.15, -0.1) is 12.4 Å². The van der Waals surface area contributed by atoms with Crippen molar-refractivity contribution in [3.63, 3.8) is 0 Å². The lowest BCUT2D eigenvalue weighted by Crippen LogP contribution is -2.08. The molecular weight excluding hydrogens is 236 g/mol. The van der Waals surface area contributed by atoms with Crippen molar-refractivity contribution in [2.45, 2.75) is 26.2 Å². The van der Waals surface area contributed by atoms with Gasteiger partial charge in [-0.25, -0.2) is 0 Å². The summed E-state index contributed by atoms with van der Waals surface area (Å²) in [7, 11) is 0. The van der Waals surface area contributed by atoms with Crippen molar-refractivity contribution in [3.05, 3.63) is 35.4 Å². The highest BCUT2D eigenvalue weighted by Crippen LogP contribution is 2.10. The standard InChI is InChI=1S/C9H9N.C4H9NO.ClH/c1-2-4-9-7-10-6-5-8(9)3-1;1-2-3-4(5)6;/h1-4,7H,5-6H2;2-3H2,1H3,(H2,5,6);1H. The highest BCUT2D eigenvalue weighted by molar-refractivity contribution is 5.85. The van der Waals surface area contributed by atoms with E-state index in [1.54, 1.807) is 0 Å². The van der Waals surface area contributed by atoms with E-state index in [-0.39, 0.29) is 18.3 Å². The molecule has 0 bridgehead atoms. The number of fused-ring (bicyclic) bond motifs is 1. The van der Waals surface area contributed by atoms with Crippen LogP contribution in [0.5, 0.6) is 0 Å². The van der Waals surface area contributed by atoms with Crippen LogP contribution in [0.3, 0.4) is 0 Å². The molecule has 1 aromatic carbocycles. The number of benzene rings is 1. The molecule has 0 aromatic heterocycles. The zero-order chi connectivity index (χ0) is 11.8. The van der Waals surface area contributed by atoms with Crippen molar-refractivity contribution in [2.75, 3.05) is 6.54 Å². The Morgan fingerprint density at radius 3 is 2.65 bits per heavy atom. The molecule has 1 aromatic rings. The van der Waals surface area contributed by atoms with Crippen molar-refractivity contribution in [1.29, 1.82) is 0 Å². The summed E-state index contributed by atoms with van der Waals surface area (Å²) in [5.74, 6) is -0.211. The summed E-state index contributed by atoms with van der Waals surface area (Å²) >= 11 is 0. The second-order valence-electron chi connectivity index (χ2n) is 3.70. The van der Waals surface area contributed by atoms with E-state index >= 15 is 0 Å². The first-order valence-electron chi connectivity index (χ1n) is 5.60. The van der Waals surface area contributed by atoms with E-state index < -0.39 is 0 Å². The molecule has 0 aliphatic carbocycles. The van der Waals surface area contributed by atoms with E-state index in [0.29, 0.717) is 6.42 Å². The van der Waals surface area contributed by atoms with E-state index in [1.165, 1.54) is 11.1 Å². The maximum atomic E-state index is 9.82. The van der Waals surface area contributed by atoms with Crippen molar-refractivity contribution >= 4 is 24.5 Å². The van der Waals surface area contributed by atoms with Gasteiger partial charge in [-0.2, -0.15) is 0 Å². The molecule has 0 saturated heterocycles. The van der Waals surface area contributed by atoms with E-state index in [1.807, 2.05) is 13.1 Å². The highest BCUT2D eigenvalue weighted by Gasteiger charge is 2.01. The fourth-order valence-corrected chi connectivity index (χ4v) is 1.48. The van der Waals surface area contributed by atoms with Gasteiger partial charge >= 0.3 is 0 Å². The summed E-state index contributed by atoms with van der Waals surface area (Å²) in [5, 5.41) is 0. The lowest BCUT2D eigenvalue weighted by atomic mass is 10.0. The number of carbonyl (C=O) groups excluding carboxylic acids is 1. The molecule has 4 heteroatoms. The number of halogens is 1. The Morgan fingerprint density at radius 1 is 1.41 bits per heavy atom. The Bertz CT molecular complexity index is 377. The summed E-state index contributed by atoms with van der Waals surface area (Å²) in [6.07, 6.45) is 4.43. The number of rotatable bonds is 2. The van der Waals surface area contributed by atoms with Crippen LogP contribution >= 0.6 is 12.4 Å². The highest BCUT2D eigenvalue weighted by atomic mass is 35.5. The van der Waals surface area contributed by atoms with Gasteiger partial charge in [0.25, 0.3) is 0 Å². The first kappa shape index (κ1) is 15.7. The fraction of sp³-hybridized carbons (Fsp3) is 0.385. The lowest BCUT2D eigenvalue weighted by molar-refractivity contribution is -0.118. The number of carbonyl (C=O) groups is 1. The van der Waals surface area contributed by atoms with Crippen molar-refractivity contribution in [3.8, 4) is 0 Å². The predicted molar refractivity (Wildman–Crippen MR) is 74.0 cm³/mol. The SMILES string of the molecule is C1=NCCc2ccccc21.CCCC(N)=O.Cl. The molecule has 2 N–H and O–H groups in total. The van der Waals surface area contributed by atoms with Crippen LogP contribution in [0.1, 0.15) is 30.9 Å². The van der Waals surface area contributed by atoms with Gasteiger partial charge in [-0.05, 0) is 24.0 Å². The third-order valence-electron chi connectivity index (χ3n) is 2.29. The maximum Gasteiger partial charge on any atom is 0.217 e. The number of aliphatic imine (C=N–C) groups is 1. The average Bonchev–Trinajstić information content (AvgIpc) is 2.30. The van der Waals surface area contributed by atoms with Crippen molar-refractivity contribution < 1.29 is 4.79 Å². The number of hydrogen-bond acceptors (Lipinski definition) is 2. The molecule has 0 spiro atoms. The Hall–Kier alpha value is -1.35.